The average molecular weight is 165 g/mol. The van der Waals surface area contributed by atoms with E-state index in [4.69, 9.17) is 0 Å². The third kappa shape index (κ3) is 1.75. The van der Waals surface area contributed by atoms with Crippen LogP contribution in [-0.2, 0) is 0 Å². The maximum absolute atomic E-state index is 12.8. The Morgan fingerprint density at radius 3 is 3.00 bits per heavy atom. The molecule has 62 valence electrons. The lowest BCUT2D eigenvalue weighted by atomic mass is 10.1. The predicted molar refractivity (Wildman–Crippen MR) is 43.3 cm³/mol. The van der Waals surface area contributed by atoms with Gasteiger partial charge in [-0.25, -0.2) is 4.39 Å². The quantitative estimate of drug-likeness (QED) is 0.495. The fourth-order valence-electron chi connectivity index (χ4n) is 0.816. The number of carbonyl (C=O) groups excluding carboxylic acids is 1. The Morgan fingerprint density at radius 2 is 2.42 bits per heavy atom. The van der Waals surface area contributed by atoms with Crippen LogP contribution in [0, 0.1) is 5.82 Å². The maximum Gasteiger partial charge on any atom is 0.188 e. The van der Waals surface area contributed by atoms with Crippen LogP contribution >= 0.6 is 0 Å². The van der Waals surface area contributed by atoms with E-state index in [0.29, 0.717) is 0 Å². The van der Waals surface area contributed by atoms with Gasteiger partial charge in [-0.15, -0.1) is 0 Å². The molecule has 1 heterocycles. The number of allylic oxidation sites excluding steroid dienone is 2. The summed E-state index contributed by atoms with van der Waals surface area (Å²) in [7, 11) is 0. The number of aromatic nitrogens is 1. The smallest absolute Gasteiger partial charge is 0.188 e. The summed E-state index contributed by atoms with van der Waals surface area (Å²) in [5.74, 6) is -0.919. The number of rotatable bonds is 2. The SMILES string of the molecule is C/C=C/C(=O)c1ccncc1F. The first-order chi connectivity index (χ1) is 5.75. The second kappa shape index (κ2) is 3.76. The highest BCUT2D eigenvalue weighted by Gasteiger charge is 2.06. The highest BCUT2D eigenvalue weighted by molar-refractivity contribution is 6.04. The van der Waals surface area contributed by atoms with Gasteiger partial charge in [0.1, 0.15) is 0 Å². The summed E-state index contributed by atoms with van der Waals surface area (Å²) < 4.78 is 12.8. The van der Waals surface area contributed by atoms with Crippen molar-refractivity contribution in [2.45, 2.75) is 6.92 Å². The molecule has 2 nitrogen and oxygen atoms in total. The summed E-state index contributed by atoms with van der Waals surface area (Å²) in [4.78, 5) is 14.6. The minimum Gasteiger partial charge on any atom is -0.289 e. The molecular formula is C9H8FNO. The van der Waals surface area contributed by atoms with Crippen molar-refractivity contribution in [1.82, 2.24) is 4.98 Å². The number of pyridine rings is 1. The zero-order valence-electron chi connectivity index (χ0n) is 6.62. The molecule has 0 atom stereocenters. The Hall–Kier alpha value is -1.51. The van der Waals surface area contributed by atoms with E-state index in [0.717, 1.165) is 6.20 Å². The standard InChI is InChI=1S/C9H8FNO/c1-2-3-9(12)7-4-5-11-6-8(7)10/h2-6H,1H3/b3-2+. The van der Waals surface area contributed by atoms with Gasteiger partial charge in [0.25, 0.3) is 0 Å². The molecule has 0 bridgehead atoms. The molecule has 0 amide bonds. The van der Waals surface area contributed by atoms with Gasteiger partial charge in [-0.2, -0.15) is 0 Å². The Labute approximate surface area is 69.7 Å². The highest BCUT2D eigenvalue weighted by Crippen LogP contribution is 2.05. The van der Waals surface area contributed by atoms with Crippen LogP contribution in [0.1, 0.15) is 17.3 Å². The zero-order chi connectivity index (χ0) is 8.97. The predicted octanol–water partition coefficient (Wildman–Crippen LogP) is 1.98. The molecule has 3 heteroatoms. The first-order valence-electron chi connectivity index (χ1n) is 3.52. The van der Waals surface area contributed by atoms with Gasteiger partial charge in [0, 0.05) is 6.20 Å². The summed E-state index contributed by atoms with van der Waals surface area (Å²) in [6.45, 7) is 1.71. The largest absolute Gasteiger partial charge is 0.289 e. The number of hydrogen-bond acceptors (Lipinski definition) is 2. The molecule has 0 aromatic carbocycles. The highest BCUT2D eigenvalue weighted by atomic mass is 19.1. The minimum atomic E-state index is -0.583. The first-order valence-corrected chi connectivity index (χ1v) is 3.52. The van der Waals surface area contributed by atoms with E-state index >= 15 is 0 Å². The van der Waals surface area contributed by atoms with E-state index in [-0.39, 0.29) is 11.3 Å². The second-order valence-electron chi connectivity index (χ2n) is 2.22. The van der Waals surface area contributed by atoms with Crippen molar-refractivity contribution < 1.29 is 9.18 Å². The van der Waals surface area contributed by atoms with Crippen molar-refractivity contribution in [3.8, 4) is 0 Å². The van der Waals surface area contributed by atoms with Crippen molar-refractivity contribution in [2.75, 3.05) is 0 Å². The molecule has 0 saturated heterocycles. The number of carbonyl (C=O) groups is 1. The van der Waals surface area contributed by atoms with Gasteiger partial charge in [0.2, 0.25) is 0 Å². The molecule has 1 aromatic heterocycles. The van der Waals surface area contributed by atoms with E-state index in [9.17, 15) is 9.18 Å². The van der Waals surface area contributed by atoms with E-state index in [2.05, 4.69) is 4.98 Å². The van der Waals surface area contributed by atoms with E-state index in [1.807, 2.05) is 0 Å². The Balaban J connectivity index is 3.03. The van der Waals surface area contributed by atoms with Crippen LogP contribution in [0.2, 0.25) is 0 Å². The summed E-state index contributed by atoms with van der Waals surface area (Å²) in [6.07, 6.45) is 5.30. The number of halogens is 1. The van der Waals surface area contributed by atoms with Gasteiger partial charge in [0.15, 0.2) is 11.6 Å². The normalized spacial score (nSPS) is 10.5. The Kier molecular flexibility index (Phi) is 2.69. The maximum atomic E-state index is 12.8. The third-order valence-corrected chi connectivity index (χ3v) is 1.36. The van der Waals surface area contributed by atoms with Crippen LogP contribution in [0.3, 0.4) is 0 Å². The fourth-order valence-corrected chi connectivity index (χ4v) is 0.816. The van der Waals surface area contributed by atoms with Crippen LogP contribution in [-0.4, -0.2) is 10.8 Å². The lowest BCUT2D eigenvalue weighted by molar-refractivity contribution is 0.104. The van der Waals surface area contributed by atoms with Crippen molar-refractivity contribution in [3.63, 3.8) is 0 Å². The minimum absolute atomic E-state index is 0.0584. The van der Waals surface area contributed by atoms with Crippen LogP contribution in [0.15, 0.2) is 30.6 Å². The van der Waals surface area contributed by atoms with Gasteiger partial charge in [0.05, 0.1) is 11.8 Å². The van der Waals surface area contributed by atoms with Crippen molar-refractivity contribution in [3.05, 3.63) is 42.0 Å². The number of nitrogens with zero attached hydrogens (tertiary/aromatic N) is 1. The zero-order valence-corrected chi connectivity index (χ0v) is 6.62. The van der Waals surface area contributed by atoms with Gasteiger partial charge < -0.3 is 0 Å². The monoisotopic (exact) mass is 165 g/mol. The molecule has 0 N–H and O–H groups in total. The van der Waals surface area contributed by atoms with Crippen LogP contribution in [0.5, 0.6) is 0 Å². The fraction of sp³-hybridized carbons (Fsp3) is 0.111. The molecule has 0 unspecified atom stereocenters. The molecule has 0 fully saturated rings. The second-order valence-corrected chi connectivity index (χ2v) is 2.22. The summed E-state index contributed by atoms with van der Waals surface area (Å²) in [6, 6.07) is 1.36. The molecule has 0 radical (unpaired) electrons. The molecule has 0 aliphatic rings. The summed E-state index contributed by atoms with van der Waals surface area (Å²) in [5, 5.41) is 0. The Bertz CT molecular complexity index is 320. The molecule has 0 spiro atoms. The van der Waals surface area contributed by atoms with E-state index in [1.54, 1.807) is 13.0 Å². The van der Waals surface area contributed by atoms with Gasteiger partial charge in [-0.1, -0.05) is 6.08 Å². The molecule has 0 saturated carbocycles. The number of hydrogen-bond donors (Lipinski definition) is 0. The first kappa shape index (κ1) is 8.59. The number of ketones is 1. The van der Waals surface area contributed by atoms with Crippen LogP contribution in [0.4, 0.5) is 4.39 Å². The van der Waals surface area contributed by atoms with Gasteiger partial charge >= 0.3 is 0 Å². The summed E-state index contributed by atoms with van der Waals surface area (Å²) >= 11 is 0. The molecule has 0 aliphatic carbocycles. The molecule has 12 heavy (non-hydrogen) atoms. The third-order valence-electron chi connectivity index (χ3n) is 1.36. The molecule has 0 aliphatic heterocycles. The van der Waals surface area contributed by atoms with Crippen molar-refractivity contribution in [1.29, 1.82) is 0 Å². The molecule has 1 aromatic rings. The van der Waals surface area contributed by atoms with E-state index < -0.39 is 5.82 Å². The lowest BCUT2D eigenvalue weighted by Gasteiger charge is -1.95. The molecule has 1 rings (SSSR count). The molecular weight excluding hydrogens is 157 g/mol. The average Bonchev–Trinajstić information content (AvgIpc) is 2.05. The van der Waals surface area contributed by atoms with Gasteiger partial charge in [-0.3, -0.25) is 9.78 Å². The Morgan fingerprint density at radius 1 is 1.67 bits per heavy atom. The van der Waals surface area contributed by atoms with E-state index in [1.165, 1.54) is 18.3 Å². The van der Waals surface area contributed by atoms with Gasteiger partial charge in [-0.05, 0) is 19.1 Å². The van der Waals surface area contributed by atoms with Crippen LogP contribution < -0.4 is 0 Å². The van der Waals surface area contributed by atoms with Crippen molar-refractivity contribution in [2.24, 2.45) is 0 Å². The lowest BCUT2D eigenvalue weighted by Crippen LogP contribution is -1.98. The summed E-state index contributed by atoms with van der Waals surface area (Å²) in [5.41, 5.74) is 0.0584. The van der Waals surface area contributed by atoms with Crippen LogP contribution in [0.25, 0.3) is 0 Å². The topological polar surface area (TPSA) is 30.0 Å². The van der Waals surface area contributed by atoms with Crippen molar-refractivity contribution >= 4 is 5.78 Å².